The quantitative estimate of drug-likeness (QED) is 0.124. The molecule has 4 aromatic carbocycles. The molecule has 0 bridgehead atoms. The van der Waals surface area contributed by atoms with Crippen LogP contribution in [0.5, 0.6) is 0 Å². The van der Waals surface area contributed by atoms with E-state index in [1.165, 1.54) is 53.2 Å². The Morgan fingerprint density at radius 1 is 0.745 bits per heavy atom. The average Bonchev–Trinajstić information content (AvgIpc) is 3.50. The molecule has 0 saturated heterocycles. The zero-order valence-electron chi connectivity index (χ0n) is 30.6. The first-order chi connectivity index (χ1) is 23.9. The van der Waals surface area contributed by atoms with Gasteiger partial charge in [-0.05, 0) is 79.3 Å². The molecule has 7 rings (SSSR count). The number of aryl methyl sites for hydroxylation is 1. The summed E-state index contributed by atoms with van der Waals surface area (Å²) in [6.07, 6.45) is 4.04. The second-order valence-electron chi connectivity index (χ2n) is 14.5. The van der Waals surface area contributed by atoms with Crippen LogP contribution in [-0.2, 0) is 20.1 Å². The zero-order valence-corrected chi connectivity index (χ0v) is 34.8. The van der Waals surface area contributed by atoms with E-state index >= 15 is 0 Å². The molecule has 0 N–H and O–H groups in total. The van der Waals surface area contributed by atoms with Gasteiger partial charge in [0, 0.05) is 43.3 Å². The van der Waals surface area contributed by atoms with Crippen molar-refractivity contribution in [2.75, 3.05) is 0 Å². The van der Waals surface area contributed by atoms with Gasteiger partial charge in [0.1, 0.15) is 0 Å². The Labute approximate surface area is 321 Å². The van der Waals surface area contributed by atoms with Gasteiger partial charge in [0.15, 0.2) is 0 Å². The molecule has 0 saturated carbocycles. The number of aromatic nitrogens is 2. The second kappa shape index (κ2) is 16.0. The Morgan fingerprint density at radius 3 is 2.10 bits per heavy atom. The third-order valence-corrected chi connectivity index (χ3v) is 12.4. The van der Waals surface area contributed by atoms with E-state index in [1.807, 2.05) is 41.9 Å². The van der Waals surface area contributed by atoms with Crippen LogP contribution in [0.4, 0.5) is 0 Å². The van der Waals surface area contributed by atoms with Crippen LogP contribution in [0, 0.1) is 30.4 Å². The Balaban J connectivity index is 0.000000205. The van der Waals surface area contributed by atoms with Gasteiger partial charge < -0.3 is 9.97 Å². The summed E-state index contributed by atoms with van der Waals surface area (Å²) in [5.74, 6) is 0.957. The summed E-state index contributed by atoms with van der Waals surface area (Å²) in [5.41, 5.74) is 11.1. The van der Waals surface area contributed by atoms with E-state index in [1.54, 1.807) is 6.07 Å². The molecule has 0 spiro atoms. The maximum Gasteiger partial charge on any atom is 0.0799 e. The van der Waals surface area contributed by atoms with Crippen molar-refractivity contribution in [2.24, 2.45) is 0 Å². The van der Waals surface area contributed by atoms with E-state index in [0.29, 0.717) is 17.4 Å². The van der Waals surface area contributed by atoms with Crippen LogP contribution in [0.2, 0.25) is 19.6 Å². The average molecular weight is 878 g/mol. The molecule has 1 radical (unpaired) electrons. The van der Waals surface area contributed by atoms with E-state index in [9.17, 15) is 0 Å². The van der Waals surface area contributed by atoms with Crippen LogP contribution < -0.4 is 5.19 Å². The third-order valence-electron chi connectivity index (χ3n) is 9.15. The molecule has 7 aromatic rings. The number of thiophene rings is 1. The first-order valence-electron chi connectivity index (χ1n) is 17.3. The van der Waals surface area contributed by atoms with Gasteiger partial charge >= 0.3 is 0 Å². The summed E-state index contributed by atoms with van der Waals surface area (Å²) in [6.45, 7) is 18.1. The number of benzene rings is 4. The van der Waals surface area contributed by atoms with Crippen LogP contribution in [-0.4, -0.2) is 18.0 Å². The summed E-state index contributed by atoms with van der Waals surface area (Å²) in [4.78, 5) is 9.39. The number of nitriles is 1. The minimum absolute atomic E-state index is 0. The van der Waals surface area contributed by atoms with Gasteiger partial charge in [-0.3, -0.25) is 0 Å². The zero-order chi connectivity index (χ0) is 35.6. The molecule has 0 aliphatic heterocycles. The molecule has 3 heterocycles. The van der Waals surface area contributed by atoms with Crippen molar-refractivity contribution in [3.63, 3.8) is 0 Å². The molecular formula is C45H43IrN3SSi-2. The minimum Gasteiger partial charge on any atom is -0.305 e. The number of rotatable bonds is 6. The SMILES string of the molecule is CC(C)c1cc(-c2[c-]cc(C#N)cc2)ncc1[Si](C)(C)C.Cc1cnc(-c2[c-]ccc3c2sc2cc(-c4ccccc4)ccc23)cc1C(C)C.[Ir]. The molecule has 0 aliphatic carbocycles. The fourth-order valence-electron chi connectivity index (χ4n) is 6.42. The van der Waals surface area contributed by atoms with E-state index in [-0.39, 0.29) is 20.1 Å². The van der Waals surface area contributed by atoms with Crippen molar-refractivity contribution in [2.45, 2.75) is 66.1 Å². The number of nitrogens with zero attached hydrogens (tertiary/aromatic N) is 3. The summed E-state index contributed by atoms with van der Waals surface area (Å²) in [5, 5.41) is 12.9. The summed E-state index contributed by atoms with van der Waals surface area (Å²) >= 11 is 1.84. The molecule has 0 aliphatic rings. The molecule has 51 heavy (non-hydrogen) atoms. The smallest absolute Gasteiger partial charge is 0.0799 e. The van der Waals surface area contributed by atoms with Gasteiger partial charge in [0.25, 0.3) is 0 Å². The van der Waals surface area contributed by atoms with Crippen LogP contribution >= 0.6 is 11.3 Å². The summed E-state index contributed by atoms with van der Waals surface area (Å²) in [6, 6.07) is 40.2. The first kappa shape index (κ1) is 38.0. The number of fused-ring (bicyclic) bond motifs is 3. The van der Waals surface area contributed by atoms with Gasteiger partial charge in [0.05, 0.1) is 8.07 Å². The summed E-state index contributed by atoms with van der Waals surface area (Å²) in [7, 11) is -1.40. The van der Waals surface area contributed by atoms with Crippen molar-refractivity contribution < 1.29 is 20.1 Å². The van der Waals surface area contributed by atoms with E-state index < -0.39 is 8.07 Å². The van der Waals surface area contributed by atoms with Gasteiger partial charge in [-0.2, -0.15) is 11.3 Å². The summed E-state index contributed by atoms with van der Waals surface area (Å²) < 4.78 is 2.57. The van der Waals surface area contributed by atoms with Crippen LogP contribution in [0.1, 0.15) is 61.8 Å². The fraction of sp³-hybridized carbons (Fsp3) is 0.222. The van der Waals surface area contributed by atoms with Crippen molar-refractivity contribution in [3.8, 4) is 39.7 Å². The number of pyridine rings is 2. The molecule has 6 heteroatoms. The fourth-order valence-corrected chi connectivity index (χ4v) is 9.34. The molecule has 3 aromatic heterocycles. The standard InChI is InChI=1S/C27H22NS.C18H21N2Si.Ir/c1-17(2)24-15-25(28-16-18(24)3)23-11-7-10-22-21-13-12-20(14-26(21)29-27(22)23)19-8-5-4-6-9-19;1-13(2)16-10-17(20-12-18(16)21(3,4)5)15-8-6-14(11-19)7-9-15;/h4-10,12-17H,1-3H3;6-8,10,12-13H,1-5H3;/q2*-1;. The van der Waals surface area contributed by atoms with Crippen molar-refractivity contribution in [3.05, 3.63) is 138 Å². The Bertz CT molecular complexity index is 2330. The van der Waals surface area contributed by atoms with E-state index in [0.717, 1.165) is 22.5 Å². The topological polar surface area (TPSA) is 49.6 Å². The monoisotopic (exact) mass is 878 g/mol. The second-order valence-corrected chi connectivity index (χ2v) is 20.6. The van der Waals surface area contributed by atoms with Crippen molar-refractivity contribution >= 4 is 44.8 Å². The molecular weight excluding hydrogens is 835 g/mol. The Kier molecular flexibility index (Phi) is 11.9. The van der Waals surface area contributed by atoms with Crippen LogP contribution in [0.3, 0.4) is 0 Å². The molecule has 3 nitrogen and oxygen atoms in total. The molecule has 0 amide bonds. The van der Waals surface area contributed by atoms with Gasteiger partial charge in [-0.25, -0.2) is 5.26 Å². The van der Waals surface area contributed by atoms with Crippen molar-refractivity contribution in [1.82, 2.24) is 9.97 Å². The van der Waals surface area contributed by atoms with E-state index in [4.69, 9.17) is 10.2 Å². The predicted molar refractivity (Wildman–Crippen MR) is 216 cm³/mol. The largest absolute Gasteiger partial charge is 0.305 e. The Hall–Kier alpha value is -4.24. The molecule has 0 unspecified atom stereocenters. The maximum atomic E-state index is 8.86. The maximum absolute atomic E-state index is 8.86. The molecule has 0 fully saturated rings. The normalized spacial score (nSPS) is 11.3. The van der Waals surface area contributed by atoms with Crippen LogP contribution in [0.25, 0.3) is 53.8 Å². The van der Waals surface area contributed by atoms with Crippen LogP contribution in [0.15, 0.2) is 103 Å². The number of hydrogen-bond donors (Lipinski definition) is 0. The van der Waals surface area contributed by atoms with Gasteiger partial charge in [-0.1, -0.05) is 113 Å². The Morgan fingerprint density at radius 2 is 1.45 bits per heavy atom. The third kappa shape index (κ3) is 8.30. The van der Waals surface area contributed by atoms with E-state index in [2.05, 4.69) is 144 Å². The van der Waals surface area contributed by atoms with Gasteiger partial charge in [-0.15, -0.1) is 53.6 Å². The molecule has 0 atom stereocenters. The first-order valence-corrected chi connectivity index (χ1v) is 21.6. The van der Waals surface area contributed by atoms with Gasteiger partial charge in [0.2, 0.25) is 0 Å². The minimum atomic E-state index is -1.40. The number of hydrogen-bond acceptors (Lipinski definition) is 4. The van der Waals surface area contributed by atoms with Crippen molar-refractivity contribution in [1.29, 1.82) is 5.26 Å². The predicted octanol–water partition coefficient (Wildman–Crippen LogP) is 12.1. The molecule has 259 valence electrons.